The van der Waals surface area contributed by atoms with Crippen LogP contribution >= 0.6 is 0 Å². The number of hydrogen-bond acceptors (Lipinski definition) is 12. The molecule has 0 saturated carbocycles. The monoisotopic (exact) mass is 1130 g/mol. The minimum absolute atomic E-state index is 0.0108. The number of nitrogens with one attached hydrogen (secondary N) is 6. The summed E-state index contributed by atoms with van der Waals surface area (Å²) in [5.74, 6) is -11.4. The molecule has 4 aromatic carbocycles. The molecule has 5 rings (SSSR count). The smallest absolute Gasteiger partial charge is 0.305 e. The van der Waals surface area contributed by atoms with Gasteiger partial charge in [-0.25, -0.2) is 4.68 Å². The third-order valence-corrected chi connectivity index (χ3v) is 13.0. The maximum Gasteiger partial charge on any atom is 0.305 e. The highest BCUT2D eigenvalue weighted by Crippen LogP contribution is 2.37. The van der Waals surface area contributed by atoms with Gasteiger partial charge in [0.25, 0.3) is 0 Å². The van der Waals surface area contributed by atoms with Crippen molar-refractivity contribution < 1.29 is 63.3 Å². The number of benzene rings is 4. The summed E-state index contributed by atoms with van der Waals surface area (Å²) in [5.41, 5.74) is 13.9. The van der Waals surface area contributed by atoms with Gasteiger partial charge in [-0.3, -0.25) is 47.9 Å². The zero-order valence-electron chi connectivity index (χ0n) is 45.8. The summed E-state index contributed by atoms with van der Waals surface area (Å²) in [4.78, 5) is 125. The lowest BCUT2D eigenvalue weighted by Gasteiger charge is -2.28. The number of amides is 7. The van der Waals surface area contributed by atoms with E-state index in [-0.39, 0.29) is 31.7 Å². The van der Waals surface area contributed by atoms with Gasteiger partial charge in [-0.05, 0) is 83.4 Å². The summed E-state index contributed by atoms with van der Waals surface area (Å²) < 4.78 is 1.76. The molecule has 0 fully saturated rings. The first-order valence-electron chi connectivity index (χ1n) is 26.8. The van der Waals surface area contributed by atoms with Crippen LogP contribution in [0.2, 0.25) is 0 Å². The van der Waals surface area contributed by atoms with E-state index in [4.69, 9.17) is 5.73 Å². The summed E-state index contributed by atoms with van der Waals surface area (Å²) >= 11 is 0. The third-order valence-electron chi connectivity index (χ3n) is 13.0. The molecule has 0 aliphatic carbocycles. The normalized spacial score (nSPS) is 12.7. The van der Waals surface area contributed by atoms with E-state index in [1.54, 1.807) is 4.68 Å². The molecule has 0 unspecified atom stereocenters. The Bertz CT molecular complexity index is 2980. The Kier molecular flexibility index (Phi) is 24.6. The van der Waals surface area contributed by atoms with Crippen LogP contribution < -0.4 is 37.6 Å². The molecule has 23 heteroatoms. The Morgan fingerprint density at radius 1 is 0.537 bits per heavy atom. The van der Waals surface area contributed by atoms with Gasteiger partial charge in [0.1, 0.15) is 30.2 Å². The molecule has 434 valence electrons. The minimum atomic E-state index is -1.79. The van der Waals surface area contributed by atoms with Crippen molar-refractivity contribution in [2.24, 2.45) is 11.7 Å². The summed E-state index contributed by atoms with van der Waals surface area (Å²) in [7, 11) is 0. The van der Waals surface area contributed by atoms with Crippen molar-refractivity contribution in [2.45, 2.75) is 122 Å². The number of hydrogen-bond donors (Lipinski definition) is 10. The lowest BCUT2D eigenvalue weighted by molar-refractivity contribution is -0.142. The first-order valence-corrected chi connectivity index (χ1v) is 26.8. The highest BCUT2D eigenvalue weighted by molar-refractivity contribution is 6.04. The molecule has 0 spiro atoms. The zero-order valence-corrected chi connectivity index (χ0v) is 45.8. The lowest BCUT2D eigenvalue weighted by Crippen LogP contribution is -2.60. The fourth-order valence-corrected chi connectivity index (χ4v) is 8.87. The van der Waals surface area contributed by atoms with Crippen LogP contribution in [0.3, 0.4) is 0 Å². The number of aryl methyl sites for hydroxylation is 1. The molecule has 11 N–H and O–H groups in total. The van der Waals surface area contributed by atoms with Gasteiger partial charge in [-0.1, -0.05) is 134 Å². The van der Waals surface area contributed by atoms with Crippen molar-refractivity contribution in [1.82, 2.24) is 46.9 Å². The van der Waals surface area contributed by atoms with Crippen LogP contribution in [0, 0.1) is 5.92 Å². The van der Waals surface area contributed by atoms with E-state index >= 15 is 0 Å². The van der Waals surface area contributed by atoms with Gasteiger partial charge in [0.15, 0.2) is 0 Å². The maximum atomic E-state index is 13.6. The van der Waals surface area contributed by atoms with Gasteiger partial charge in [-0.2, -0.15) is 0 Å². The van der Waals surface area contributed by atoms with E-state index in [2.05, 4.69) is 103 Å². The molecular weight excluding hydrogens is 1060 g/mol. The second kappa shape index (κ2) is 31.9. The number of unbranched alkanes of at least 4 members (excludes halogenated alkanes) is 1. The van der Waals surface area contributed by atoms with Crippen molar-refractivity contribution in [3.63, 3.8) is 0 Å². The highest BCUT2D eigenvalue weighted by atomic mass is 16.4. The first-order chi connectivity index (χ1) is 39.2. The molecule has 1 aromatic heterocycles. The number of primary amides is 1. The molecule has 23 nitrogen and oxygen atoms in total. The van der Waals surface area contributed by atoms with Gasteiger partial charge in [-0.15, -0.1) is 5.10 Å². The molecule has 5 aromatic rings. The second-order valence-electron chi connectivity index (χ2n) is 19.8. The van der Waals surface area contributed by atoms with E-state index in [0.29, 0.717) is 25.8 Å². The molecular formula is C59H70N10O13. The number of carbonyl (C=O) groups excluding carboxylic acids is 7. The number of carboxylic acid groups (broad SMARTS) is 3. The molecule has 0 aliphatic rings. The number of nitrogens with two attached hydrogens (primary N) is 1. The van der Waals surface area contributed by atoms with Crippen LogP contribution in [0.25, 0.3) is 11.1 Å². The standard InChI is InChI=1S/C59H70N10O13/c1-36(2)54(66-56(79)45(29-30-49(72)73)64-57(80)46(32-50(74)75)62-37(3)70)59(82)65-47(33-51(76)77)58(81)63-44(55(60)78)23-13-14-31-61-48(71)24-15-22-43-35-69(68-67-43)34-38-25-27-42(28-26-38)53(41-20-11-6-12-21-41)52(39-16-7-4-8-17-39)40-18-9-5-10-19-40/h4-12,16-21,25-28,35-36,44-47,54H,13-15,22-24,29-34H2,1-3H3,(H2,60,78)(H,61,71)(H,62,70)(H,63,81)(H,64,80)(H,65,82)(H,66,79)(H,72,73)(H,74,75)(H,76,77)/t44-,45-,46-,47-,54-/m0/s1. The van der Waals surface area contributed by atoms with Crippen molar-refractivity contribution >= 4 is 70.4 Å². The number of carbonyl (C=O) groups is 10. The van der Waals surface area contributed by atoms with Crippen LogP contribution in [0.4, 0.5) is 0 Å². The van der Waals surface area contributed by atoms with Gasteiger partial charge < -0.3 is 53.0 Å². The van der Waals surface area contributed by atoms with Crippen LogP contribution in [-0.4, -0.2) is 126 Å². The predicted molar refractivity (Wildman–Crippen MR) is 300 cm³/mol. The Labute approximate surface area is 473 Å². The lowest BCUT2D eigenvalue weighted by atomic mass is 9.85. The largest absolute Gasteiger partial charge is 0.481 e. The van der Waals surface area contributed by atoms with Crippen LogP contribution in [0.15, 0.2) is 121 Å². The highest BCUT2D eigenvalue weighted by Gasteiger charge is 2.35. The van der Waals surface area contributed by atoms with E-state index in [1.165, 1.54) is 13.8 Å². The maximum absolute atomic E-state index is 13.6. The second-order valence-corrected chi connectivity index (χ2v) is 19.8. The first kappa shape index (κ1) is 63.3. The molecule has 0 saturated heterocycles. The third kappa shape index (κ3) is 20.6. The van der Waals surface area contributed by atoms with Crippen molar-refractivity contribution in [3.8, 4) is 0 Å². The summed E-state index contributed by atoms with van der Waals surface area (Å²) in [5, 5.41) is 50.9. The zero-order chi connectivity index (χ0) is 59.7. The quantitative estimate of drug-likeness (QED) is 0.0213. The Hall–Kier alpha value is -9.54. The number of aromatic nitrogens is 3. The molecule has 82 heavy (non-hydrogen) atoms. The summed E-state index contributed by atoms with van der Waals surface area (Å²) in [6.07, 6.45) is 0.673. The fourth-order valence-electron chi connectivity index (χ4n) is 8.87. The average Bonchev–Trinajstić information content (AvgIpc) is 3.97. The summed E-state index contributed by atoms with van der Waals surface area (Å²) in [6.45, 7) is 4.70. The van der Waals surface area contributed by atoms with Crippen LogP contribution in [0.5, 0.6) is 0 Å². The molecule has 0 aliphatic heterocycles. The molecule has 1 heterocycles. The Balaban J connectivity index is 1.09. The van der Waals surface area contributed by atoms with Crippen molar-refractivity contribution in [2.75, 3.05) is 6.54 Å². The van der Waals surface area contributed by atoms with E-state index in [9.17, 15) is 63.3 Å². The number of aliphatic carboxylic acids is 3. The van der Waals surface area contributed by atoms with Gasteiger partial charge in [0.05, 0.1) is 25.1 Å². The molecule has 7 amide bonds. The summed E-state index contributed by atoms with van der Waals surface area (Å²) in [6, 6.07) is 31.5. The van der Waals surface area contributed by atoms with E-state index < -0.39 is 115 Å². The average molecular weight is 1130 g/mol. The van der Waals surface area contributed by atoms with Crippen LogP contribution in [-0.2, 0) is 60.9 Å². The van der Waals surface area contributed by atoms with Crippen molar-refractivity contribution in [3.05, 3.63) is 155 Å². The number of carboxylic acids is 3. The van der Waals surface area contributed by atoms with Gasteiger partial charge in [0, 0.05) is 32.5 Å². The van der Waals surface area contributed by atoms with E-state index in [1.807, 2.05) is 60.8 Å². The Morgan fingerprint density at radius 2 is 1.02 bits per heavy atom. The SMILES string of the molecule is CC(=O)N[C@@H](CC(=O)O)C(=O)N[C@@H](CCC(=O)O)C(=O)N[C@H](C(=O)N[C@@H](CC(=O)O)C(=O)N[C@@H](CCCCNC(=O)CCCc1cn(Cc2ccc(C(=C(c3ccccc3)c3ccccc3)c3ccccc3)cc2)nn1)C(N)=O)C(C)C. The Morgan fingerprint density at radius 3 is 1.51 bits per heavy atom. The number of rotatable bonds is 33. The molecule has 5 atom stereocenters. The van der Waals surface area contributed by atoms with E-state index in [0.717, 1.165) is 51.6 Å². The molecule has 0 bridgehead atoms. The van der Waals surface area contributed by atoms with Gasteiger partial charge in [0.2, 0.25) is 41.4 Å². The molecule has 0 radical (unpaired) electrons. The fraction of sp³-hybridized carbons (Fsp3) is 0.356. The van der Waals surface area contributed by atoms with Crippen LogP contribution in [0.1, 0.15) is 112 Å². The minimum Gasteiger partial charge on any atom is -0.481 e. The topological polar surface area (TPSA) is 360 Å². The van der Waals surface area contributed by atoms with Crippen molar-refractivity contribution in [1.29, 1.82) is 0 Å². The predicted octanol–water partition coefficient (Wildman–Crippen LogP) is 3.34. The van der Waals surface area contributed by atoms with Gasteiger partial charge >= 0.3 is 17.9 Å². The number of nitrogens with zero attached hydrogens (tertiary/aromatic N) is 3.